The summed E-state index contributed by atoms with van der Waals surface area (Å²) in [6.45, 7) is 0.174. The van der Waals surface area contributed by atoms with Crippen molar-refractivity contribution in [1.82, 2.24) is 0 Å². The number of benzene rings is 2. The molecule has 0 radical (unpaired) electrons. The molecule has 0 saturated heterocycles. The van der Waals surface area contributed by atoms with Gasteiger partial charge in [0, 0.05) is 17.5 Å². The van der Waals surface area contributed by atoms with Crippen LogP contribution in [0.5, 0.6) is 0 Å². The van der Waals surface area contributed by atoms with Gasteiger partial charge in [0.2, 0.25) is 0 Å². The topological polar surface area (TPSA) is 26.0 Å². The summed E-state index contributed by atoms with van der Waals surface area (Å²) < 4.78 is 13.7. The smallest absolute Gasteiger partial charge is 0.128 e. The highest BCUT2D eigenvalue weighted by Gasteiger charge is 2.10. The van der Waals surface area contributed by atoms with E-state index < -0.39 is 0 Å². The third-order valence-corrected chi connectivity index (χ3v) is 2.95. The average Bonchev–Trinajstić information content (AvgIpc) is 2.38. The number of nitrogens with two attached hydrogens (primary N) is 1. The molecule has 2 rings (SSSR count). The number of rotatable bonds is 3. The van der Waals surface area contributed by atoms with E-state index in [1.807, 2.05) is 30.3 Å². The predicted molar refractivity (Wildman–Crippen MR) is 72.5 cm³/mol. The molecular formula is C14H12FNS. The fraction of sp³-hybridized carbons (Fsp3) is 0.0714. The van der Waals surface area contributed by atoms with Crippen LogP contribution in [-0.2, 0) is 6.54 Å². The van der Waals surface area contributed by atoms with E-state index in [0.29, 0.717) is 5.56 Å². The lowest BCUT2D eigenvalue weighted by Gasteiger charge is -2.11. The highest BCUT2D eigenvalue weighted by atomic mass is 32.1. The van der Waals surface area contributed by atoms with Crippen molar-refractivity contribution in [3.63, 3.8) is 0 Å². The third-order valence-electron chi connectivity index (χ3n) is 2.70. The van der Waals surface area contributed by atoms with Crippen molar-refractivity contribution in [3.8, 4) is 11.1 Å². The molecule has 0 spiro atoms. The zero-order valence-electron chi connectivity index (χ0n) is 9.19. The van der Waals surface area contributed by atoms with Gasteiger partial charge in [0.05, 0.1) is 0 Å². The van der Waals surface area contributed by atoms with E-state index in [0.717, 1.165) is 16.7 Å². The first-order chi connectivity index (χ1) is 8.27. The minimum atomic E-state index is -0.274. The van der Waals surface area contributed by atoms with Crippen LogP contribution in [-0.4, -0.2) is 5.37 Å². The van der Waals surface area contributed by atoms with Crippen LogP contribution in [0.2, 0.25) is 0 Å². The van der Waals surface area contributed by atoms with Crippen LogP contribution in [0.4, 0.5) is 4.39 Å². The largest absolute Gasteiger partial charge is 0.326 e. The maximum absolute atomic E-state index is 13.7. The fourth-order valence-corrected chi connectivity index (χ4v) is 2.07. The molecule has 2 aromatic carbocycles. The Morgan fingerprint density at radius 1 is 1.06 bits per heavy atom. The molecular weight excluding hydrogens is 233 g/mol. The molecule has 17 heavy (non-hydrogen) atoms. The first kappa shape index (κ1) is 11.9. The van der Waals surface area contributed by atoms with E-state index in [9.17, 15) is 4.39 Å². The van der Waals surface area contributed by atoms with Crippen molar-refractivity contribution in [3.05, 3.63) is 59.4 Å². The first-order valence-corrected chi connectivity index (χ1v) is 5.77. The first-order valence-electron chi connectivity index (χ1n) is 5.30. The van der Waals surface area contributed by atoms with Crippen LogP contribution in [0.25, 0.3) is 11.1 Å². The summed E-state index contributed by atoms with van der Waals surface area (Å²) in [6.07, 6.45) is 0. The normalized spacial score (nSPS) is 10.2. The van der Waals surface area contributed by atoms with Gasteiger partial charge >= 0.3 is 0 Å². The zero-order chi connectivity index (χ0) is 12.3. The molecule has 0 amide bonds. The average molecular weight is 245 g/mol. The van der Waals surface area contributed by atoms with Crippen molar-refractivity contribution in [1.29, 1.82) is 0 Å². The molecule has 0 atom stereocenters. The summed E-state index contributed by atoms with van der Waals surface area (Å²) in [5, 5.41) is 1.60. The van der Waals surface area contributed by atoms with Gasteiger partial charge in [-0.3, -0.25) is 0 Å². The van der Waals surface area contributed by atoms with E-state index in [1.54, 1.807) is 11.4 Å². The Kier molecular flexibility index (Phi) is 3.61. The lowest BCUT2D eigenvalue weighted by atomic mass is 9.96. The van der Waals surface area contributed by atoms with Crippen molar-refractivity contribution in [2.45, 2.75) is 6.54 Å². The lowest BCUT2D eigenvalue weighted by Crippen LogP contribution is -2.03. The van der Waals surface area contributed by atoms with Gasteiger partial charge in [-0.25, -0.2) is 4.39 Å². The Balaban J connectivity index is 2.68. The van der Waals surface area contributed by atoms with Gasteiger partial charge in [0.25, 0.3) is 0 Å². The van der Waals surface area contributed by atoms with Gasteiger partial charge in [0.15, 0.2) is 0 Å². The van der Waals surface area contributed by atoms with Gasteiger partial charge < -0.3 is 5.73 Å². The molecule has 0 saturated carbocycles. The van der Waals surface area contributed by atoms with E-state index in [1.165, 1.54) is 6.07 Å². The van der Waals surface area contributed by atoms with E-state index in [2.05, 4.69) is 0 Å². The number of hydrogen-bond donors (Lipinski definition) is 1. The van der Waals surface area contributed by atoms with Crippen molar-refractivity contribution in [2.24, 2.45) is 5.73 Å². The van der Waals surface area contributed by atoms with Gasteiger partial charge in [-0.1, -0.05) is 48.6 Å². The predicted octanol–water partition coefficient (Wildman–Crippen LogP) is 3.30. The molecule has 86 valence electrons. The number of thiocarbonyl (C=S) groups is 1. The van der Waals surface area contributed by atoms with Crippen molar-refractivity contribution < 1.29 is 4.39 Å². The number of halogens is 1. The summed E-state index contributed by atoms with van der Waals surface area (Å²) in [6, 6.07) is 12.6. The molecule has 0 aromatic heterocycles. The second kappa shape index (κ2) is 5.17. The van der Waals surface area contributed by atoms with Gasteiger partial charge in [-0.05, 0) is 22.8 Å². The molecule has 0 heterocycles. The maximum Gasteiger partial charge on any atom is 0.128 e. The Bertz CT molecular complexity index is 552. The van der Waals surface area contributed by atoms with Gasteiger partial charge in [-0.15, -0.1) is 0 Å². The highest BCUT2D eigenvalue weighted by molar-refractivity contribution is 7.79. The SMILES string of the molecule is NCc1c(F)cccc1-c1ccccc1C=S. The van der Waals surface area contributed by atoms with E-state index in [4.69, 9.17) is 18.0 Å². The van der Waals surface area contributed by atoms with Crippen molar-refractivity contribution >= 4 is 17.6 Å². The zero-order valence-corrected chi connectivity index (χ0v) is 10.0. The minimum Gasteiger partial charge on any atom is -0.326 e. The molecule has 0 aliphatic rings. The van der Waals surface area contributed by atoms with Crippen LogP contribution in [0.3, 0.4) is 0 Å². The Hall–Kier alpha value is -1.58. The quantitative estimate of drug-likeness (QED) is 0.840. The molecule has 2 N–H and O–H groups in total. The second-order valence-corrected chi connectivity index (χ2v) is 3.91. The summed E-state index contributed by atoms with van der Waals surface area (Å²) in [5.41, 5.74) is 8.76. The Labute approximate surface area is 105 Å². The van der Waals surface area contributed by atoms with Crippen LogP contribution in [0, 0.1) is 5.82 Å². The summed E-state index contributed by atoms with van der Waals surface area (Å²) in [7, 11) is 0. The minimum absolute atomic E-state index is 0.174. The monoisotopic (exact) mass is 245 g/mol. The third kappa shape index (κ3) is 2.25. The van der Waals surface area contributed by atoms with Crippen LogP contribution in [0.1, 0.15) is 11.1 Å². The summed E-state index contributed by atoms with van der Waals surface area (Å²) in [4.78, 5) is 0. The van der Waals surface area contributed by atoms with Crippen molar-refractivity contribution in [2.75, 3.05) is 0 Å². The maximum atomic E-state index is 13.7. The molecule has 0 bridgehead atoms. The Morgan fingerprint density at radius 2 is 1.76 bits per heavy atom. The molecule has 0 aliphatic heterocycles. The summed E-state index contributed by atoms with van der Waals surface area (Å²) >= 11 is 4.97. The Morgan fingerprint density at radius 3 is 2.47 bits per heavy atom. The molecule has 0 aliphatic carbocycles. The number of hydrogen-bond acceptors (Lipinski definition) is 2. The molecule has 1 nitrogen and oxygen atoms in total. The molecule has 0 unspecified atom stereocenters. The van der Waals surface area contributed by atoms with Gasteiger partial charge in [-0.2, -0.15) is 0 Å². The second-order valence-electron chi connectivity index (χ2n) is 3.68. The van der Waals surface area contributed by atoms with Gasteiger partial charge in [0.1, 0.15) is 5.82 Å². The van der Waals surface area contributed by atoms with E-state index >= 15 is 0 Å². The van der Waals surface area contributed by atoms with Crippen LogP contribution in [0.15, 0.2) is 42.5 Å². The fourth-order valence-electron chi connectivity index (χ4n) is 1.86. The standard InChI is InChI=1S/C14H12FNS/c15-14-7-3-6-12(13(14)8-16)11-5-2-1-4-10(11)9-17/h1-7,9H,8,16H2. The molecule has 2 aromatic rings. The van der Waals surface area contributed by atoms with Crippen LogP contribution >= 0.6 is 12.2 Å². The molecule has 0 fully saturated rings. The molecule has 3 heteroatoms. The highest BCUT2D eigenvalue weighted by Crippen LogP contribution is 2.27. The summed E-state index contributed by atoms with van der Waals surface area (Å²) in [5.74, 6) is -0.274. The van der Waals surface area contributed by atoms with Crippen LogP contribution < -0.4 is 5.73 Å². The lowest BCUT2D eigenvalue weighted by molar-refractivity contribution is 0.611. The van der Waals surface area contributed by atoms with E-state index in [-0.39, 0.29) is 12.4 Å².